The minimum absolute atomic E-state index is 0.235. The molecule has 1 aromatic heterocycles. The average Bonchev–Trinajstić information content (AvgIpc) is 2.57. The smallest absolute Gasteiger partial charge is 0.257 e. The number of halogens is 1. The van der Waals surface area contributed by atoms with Crippen molar-refractivity contribution < 1.29 is 9.59 Å². The van der Waals surface area contributed by atoms with E-state index < -0.39 is 0 Å². The number of rotatable bonds is 6. The Morgan fingerprint density at radius 3 is 2.48 bits per heavy atom. The van der Waals surface area contributed by atoms with Crippen molar-refractivity contribution in [2.45, 2.75) is 27.2 Å². The first-order valence-electron chi connectivity index (χ1n) is 8.17. The number of anilines is 1. The van der Waals surface area contributed by atoms with Crippen LogP contribution < -0.4 is 10.6 Å². The van der Waals surface area contributed by atoms with Gasteiger partial charge in [-0.15, -0.1) is 0 Å². The number of nitrogens with zero attached hydrogens (tertiary/aromatic N) is 1. The van der Waals surface area contributed by atoms with Crippen LogP contribution in [0.4, 0.5) is 5.69 Å². The standard InChI is InChI=1S/C19H22ClN3O2/c1-12(2)6-7-22-18(24)14-8-15(11-21-10-14)19(25)23-17-9-16(20)5-4-13(17)3/h4-5,8-12H,6-7H2,1-3H3,(H,22,24)(H,23,25). The number of hydrogen-bond donors (Lipinski definition) is 2. The third-order valence-electron chi connectivity index (χ3n) is 3.72. The van der Waals surface area contributed by atoms with Gasteiger partial charge >= 0.3 is 0 Å². The first kappa shape index (κ1) is 18.9. The Bertz CT molecular complexity index is 775. The lowest BCUT2D eigenvalue weighted by Gasteiger charge is -2.10. The van der Waals surface area contributed by atoms with E-state index in [1.165, 1.54) is 18.5 Å². The molecule has 0 aliphatic rings. The van der Waals surface area contributed by atoms with Crippen LogP contribution in [0.5, 0.6) is 0 Å². The average molecular weight is 360 g/mol. The highest BCUT2D eigenvalue weighted by molar-refractivity contribution is 6.31. The molecule has 0 spiro atoms. The van der Waals surface area contributed by atoms with Crippen molar-refractivity contribution in [3.8, 4) is 0 Å². The molecule has 1 aromatic carbocycles. The van der Waals surface area contributed by atoms with Crippen LogP contribution in [-0.4, -0.2) is 23.3 Å². The van der Waals surface area contributed by atoms with E-state index in [0.29, 0.717) is 34.3 Å². The molecule has 0 radical (unpaired) electrons. The summed E-state index contributed by atoms with van der Waals surface area (Å²) in [5.74, 6) is -0.0621. The molecular formula is C19H22ClN3O2. The molecular weight excluding hydrogens is 338 g/mol. The van der Waals surface area contributed by atoms with Gasteiger partial charge in [0, 0.05) is 29.6 Å². The summed E-state index contributed by atoms with van der Waals surface area (Å²) < 4.78 is 0. The summed E-state index contributed by atoms with van der Waals surface area (Å²) in [5.41, 5.74) is 2.20. The molecule has 6 heteroatoms. The van der Waals surface area contributed by atoms with E-state index in [9.17, 15) is 9.59 Å². The zero-order valence-electron chi connectivity index (χ0n) is 14.6. The van der Waals surface area contributed by atoms with Gasteiger partial charge < -0.3 is 10.6 Å². The van der Waals surface area contributed by atoms with Crippen LogP contribution in [0.25, 0.3) is 0 Å². The topological polar surface area (TPSA) is 71.1 Å². The Morgan fingerprint density at radius 2 is 1.80 bits per heavy atom. The SMILES string of the molecule is Cc1ccc(Cl)cc1NC(=O)c1cncc(C(=O)NCCC(C)C)c1. The normalized spacial score (nSPS) is 10.6. The highest BCUT2D eigenvalue weighted by Gasteiger charge is 2.12. The van der Waals surface area contributed by atoms with Crippen LogP contribution in [0.1, 0.15) is 46.5 Å². The van der Waals surface area contributed by atoms with Crippen LogP contribution in [0.2, 0.25) is 5.02 Å². The van der Waals surface area contributed by atoms with Crippen LogP contribution in [0, 0.1) is 12.8 Å². The van der Waals surface area contributed by atoms with Gasteiger partial charge in [-0.3, -0.25) is 14.6 Å². The van der Waals surface area contributed by atoms with Gasteiger partial charge in [0.2, 0.25) is 0 Å². The second-order valence-electron chi connectivity index (χ2n) is 6.31. The first-order valence-corrected chi connectivity index (χ1v) is 8.55. The van der Waals surface area contributed by atoms with Crippen molar-refractivity contribution in [1.29, 1.82) is 0 Å². The number of pyridine rings is 1. The summed E-state index contributed by atoms with van der Waals surface area (Å²) >= 11 is 5.97. The van der Waals surface area contributed by atoms with E-state index in [2.05, 4.69) is 29.5 Å². The van der Waals surface area contributed by atoms with E-state index >= 15 is 0 Å². The minimum atomic E-state index is -0.338. The minimum Gasteiger partial charge on any atom is -0.352 e. The second kappa shape index (κ2) is 8.62. The molecule has 0 saturated heterocycles. The Balaban J connectivity index is 2.08. The van der Waals surface area contributed by atoms with Gasteiger partial charge in [0.05, 0.1) is 11.1 Å². The number of nitrogens with one attached hydrogen (secondary N) is 2. The van der Waals surface area contributed by atoms with Crippen LogP contribution in [-0.2, 0) is 0 Å². The van der Waals surface area contributed by atoms with Crippen LogP contribution in [0.3, 0.4) is 0 Å². The summed E-state index contributed by atoms with van der Waals surface area (Å²) in [6.45, 7) is 6.66. The molecule has 2 rings (SSSR count). The molecule has 0 aliphatic carbocycles. The summed E-state index contributed by atoms with van der Waals surface area (Å²) in [4.78, 5) is 28.6. The van der Waals surface area contributed by atoms with E-state index in [0.717, 1.165) is 12.0 Å². The van der Waals surface area contributed by atoms with Crippen LogP contribution >= 0.6 is 11.6 Å². The summed E-state index contributed by atoms with van der Waals surface area (Å²) in [6.07, 6.45) is 3.78. The molecule has 2 N–H and O–H groups in total. The Kier molecular flexibility index (Phi) is 6.53. The fraction of sp³-hybridized carbons (Fsp3) is 0.316. The number of hydrogen-bond acceptors (Lipinski definition) is 3. The zero-order valence-corrected chi connectivity index (χ0v) is 15.4. The van der Waals surface area contributed by atoms with Gasteiger partial charge in [0.1, 0.15) is 0 Å². The van der Waals surface area contributed by atoms with Gasteiger partial charge in [-0.2, -0.15) is 0 Å². The third kappa shape index (κ3) is 5.57. The lowest BCUT2D eigenvalue weighted by molar-refractivity contribution is 0.0951. The Morgan fingerprint density at radius 1 is 1.12 bits per heavy atom. The molecule has 5 nitrogen and oxygen atoms in total. The molecule has 132 valence electrons. The number of aryl methyl sites for hydroxylation is 1. The number of benzene rings is 1. The number of aromatic nitrogens is 1. The highest BCUT2D eigenvalue weighted by atomic mass is 35.5. The lowest BCUT2D eigenvalue weighted by Crippen LogP contribution is -2.26. The lowest BCUT2D eigenvalue weighted by atomic mass is 10.1. The molecule has 25 heavy (non-hydrogen) atoms. The monoisotopic (exact) mass is 359 g/mol. The van der Waals surface area contributed by atoms with E-state index in [1.807, 2.05) is 13.0 Å². The second-order valence-corrected chi connectivity index (χ2v) is 6.75. The molecule has 0 saturated carbocycles. The quantitative estimate of drug-likeness (QED) is 0.816. The molecule has 0 fully saturated rings. The maximum absolute atomic E-state index is 12.4. The molecule has 2 aromatic rings. The summed E-state index contributed by atoms with van der Waals surface area (Å²) in [6, 6.07) is 6.81. The van der Waals surface area contributed by atoms with Crippen molar-refractivity contribution in [2.75, 3.05) is 11.9 Å². The van der Waals surface area contributed by atoms with Gasteiger partial charge in [0.25, 0.3) is 11.8 Å². The summed E-state index contributed by atoms with van der Waals surface area (Å²) in [5, 5.41) is 6.17. The van der Waals surface area contributed by atoms with Crippen molar-refractivity contribution in [2.24, 2.45) is 5.92 Å². The molecule has 0 aliphatic heterocycles. The van der Waals surface area contributed by atoms with Crippen LogP contribution in [0.15, 0.2) is 36.7 Å². The van der Waals surface area contributed by atoms with Gasteiger partial charge in [0.15, 0.2) is 0 Å². The maximum Gasteiger partial charge on any atom is 0.257 e. The predicted octanol–water partition coefficient (Wildman–Crippen LogP) is 4.07. The van der Waals surface area contributed by atoms with Gasteiger partial charge in [-0.05, 0) is 43.0 Å². The first-order chi connectivity index (χ1) is 11.9. The highest BCUT2D eigenvalue weighted by Crippen LogP contribution is 2.21. The van der Waals surface area contributed by atoms with Gasteiger partial charge in [-0.1, -0.05) is 31.5 Å². The Hall–Kier alpha value is -2.40. The fourth-order valence-corrected chi connectivity index (χ4v) is 2.36. The van der Waals surface area contributed by atoms with Crippen molar-refractivity contribution >= 4 is 29.1 Å². The summed E-state index contributed by atoms with van der Waals surface area (Å²) in [7, 11) is 0. The molecule has 2 amide bonds. The van der Waals surface area contributed by atoms with E-state index in [1.54, 1.807) is 12.1 Å². The van der Waals surface area contributed by atoms with Crippen molar-refractivity contribution in [1.82, 2.24) is 10.3 Å². The predicted molar refractivity (Wildman–Crippen MR) is 100 cm³/mol. The van der Waals surface area contributed by atoms with Crippen molar-refractivity contribution in [3.05, 3.63) is 58.4 Å². The number of amides is 2. The zero-order chi connectivity index (χ0) is 18.4. The third-order valence-corrected chi connectivity index (χ3v) is 3.95. The Labute approximate surface area is 152 Å². The largest absolute Gasteiger partial charge is 0.352 e. The van der Waals surface area contributed by atoms with Gasteiger partial charge in [-0.25, -0.2) is 0 Å². The van der Waals surface area contributed by atoms with Crippen molar-refractivity contribution in [3.63, 3.8) is 0 Å². The molecule has 0 bridgehead atoms. The molecule has 0 atom stereocenters. The molecule has 1 heterocycles. The fourth-order valence-electron chi connectivity index (χ4n) is 2.19. The maximum atomic E-state index is 12.4. The molecule has 0 unspecified atom stereocenters. The van der Waals surface area contributed by atoms with E-state index in [4.69, 9.17) is 11.6 Å². The van der Waals surface area contributed by atoms with E-state index in [-0.39, 0.29) is 11.8 Å². The number of carbonyl (C=O) groups is 2. The number of carbonyl (C=O) groups excluding carboxylic acids is 2.